The monoisotopic (exact) mass is 1080 g/mol. The maximum Gasteiger partial charge on any atom is 0.220 e. The van der Waals surface area contributed by atoms with Gasteiger partial charge in [0.05, 0.1) is 38.6 Å². The van der Waals surface area contributed by atoms with E-state index >= 15 is 0 Å². The van der Waals surface area contributed by atoms with Crippen molar-refractivity contribution in [3.05, 3.63) is 12.2 Å². The molecule has 19 heteroatoms. The van der Waals surface area contributed by atoms with Gasteiger partial charge in [-0.15, -0.1) is 0 Å². The minimum atomic E-state index is -1.97. The molecule has 3 aliphatic rings. The summed E-state index contributed by atoms with van der Waals surface area (Å²) >= 11 is 0. The largest absolute Gasteiger partial charge is 0.394 e. The number of hydrogen-bond donors (Lipinski definition) is 12. The highest BCUT2D eigenvalue weighted by Crippen LogP contribution is 2.33. The van der Waals surface area contributed by atoms with Crippen LogP contribution in [0, 0.1) is 0 Å². The summed E-state index contributed by atoms with van der Waals surface area (Å²) in [6.45, 7) is 1.72. The lowest BCUT2D eigenvalue weighted by atomic mass is 9.96. The highest BCUT2D eigenvalue weighted by atomic mass is 16.8. The van der Waals surface area contributed by atoms with Crippen LogP contribution in [0.4, 0.5) is 0 Å². The predicted molar refractivity (Wildman–Crippen MR) is 282 cm³/mol. The van der Waals surface area contributed by atoms with Crippen molar-refractivity contribution in [2.45, 2.75) is 311 Å². The van der Waals surface area contributed by atoms with Crippen molar-refractivity contribution in [3.8, 4) is 0 Å². The molecule has 442 valence electrons. The summed E-state index contributed by atoms with van der Waals surface area (Å²) in [6, 6.07) is -0.966. The molecular weight excluding hydrogens is 975 g/mol. The number of aliphatic hydroxyl groups excluding tert-OH is 11. The molecule has 0 aromatic rings. The lowest BCUT2D eigenvalue weighted by molar-refractivity contribution is -0.379. The number of carbonyl (C=O) groups is 1. The number of nitrogens with one attached hydrogen (secondary N) is 1. The van der Waals surface area contributed by atoms with E-state index in [1.165, 1.54) is 135 Å². The van der Waals surface area contributed by atoms with Crippen LogP contribution >= 0.6 is 0 Å². The summed E-state index contributed by atoms with van der Waals surface area (Å²) in [6.07, 6.45) is 11.9. The average molecular weight is 1080 g/mol. The van der Waals surface area contributed by atoms with E-state index in [1.54, 1.807) is 6.08 Å². The van der Waals surface area contributed by atoms with Crippen LogP contribution in [0.5, 0.6) is 0 Å². The zero-order chi connectivity index (χ0) is 54.8. The third-order valence-corrected chi connectivity index (χ3v) is 15.1. The van der Waals surface area contributed by atoms with E-state index in [1.807, 2.05) is 6.08 Å². The van der Waals surface area contributed by atoms with Gasteiger partial charge >= 0.3 is 0 Å². The van der Waals surface area contributed by atoms with E-state index in [0.717, 1.165) is 44.9 Å². The molecule has 0 radical (unpaired) electrons. The zero-order valence-corrected chi connectivity index (χ0v) is 45.8. The van der Waals surface area contributed by atoms with Gasteiger partial charge in [0.1, 0.15) is 73.2 Å². The number of hydrogen-bond acceptors (Lipinski definition) is 18. The van der Waals surface area contributed by atoms with Crippen molar-refractivity contribution < 1.29 is 89.4 Å². The van der Waals surface area contributed by atoms with Gasteiger partial charge in [-0.1, -0.05) is 193 Å². The molecule has 19 nitrogen and oxygen atoms in total. The Labute approximate surface area is 448 Å². The SMILES string of the molecule is CCCCCCCCCCCCC/C=C/[C@@H](O)[C@H](CO[C@@H]1O[C@H](CO)[C@@H](O[C@@H]2O[C@H](CO)[C@H](O[C@H]3O[C@H](CO)[C@H](O)[C@H](O)[C@H]3O)[C@H](O)[C@H]2O)[C@H](O)[C@H]1O)NC(=O)CCCCCCCCCCCCCCCCCCC. The summed E-state index contributed by atoms with van der Waals surface area (Å²) in [5.41, 5.74) is 0. The second-order valence-corrected chi connectivity index (χ2v) is 21.5. The van der Waals surface area contributed by atoms with Gasteiger partial charge in [0, 0.05) is 6.42 Å². The molecule has 12 N–H and O–H groups in total. The molecule has 17 atom stereocenters. The van der Waals surface area contributed by atoms with Crippen LogP contribution in [-0.2, 0) is 33.2 Å². The van der Waals surface area contributed by atoms with Crippen LogP contribution in [0.25, 0.3) is 0 Å². The summed E-state index contributed by atoms with van der Waals surface area (Å²) in [7, 11) is 0. The Bertz CT molecular complexity index is 1430. The molecule has 3 aliphatic heterocycles. The molecule has 75 heavy (non-hydrogen) atoms. The van der Waals surface area contributed by atoms with Gasteiger partial charge in [0.15, 0.2) is 18.9 Å². The van der Waals surface area contributed by atoms with Crippen molar-refractivity contribution in [2.24, 2.45) is 0 Å². The van der Waals surface area contributed by atoms with E-state index in [4.69, 9.17) is 28.4 Å². The van der Waals surface area contributed by atoms with Gasteiger partial charge in [-0.3, -0.25) is 4.79 Å². The van der Waals surface area contributed by atoms with Crippen LogP contribution in [-0.4, -0.2) is 193 Å². The van der Waals surface area contributed by atoms with Crippen molar-refractivity contribution in [2.75, 3.05) is 26.4 Å². The van der Waals surface area contributed by atoms with Gasteiger partial charge < -0.3 is 89.9 Å². The smallest absolute Gasteiger partial charge is 0.220 e. The summed E-state index contributed by atoms with van der Waals surface area (Å²) in [5, 5.41) is 120. The van der Waals surface area contributed by atoms with Crippen LogP contribution in [0.3, 0.4) is 0 Å². The second-order valence-electron chi connectivity index (χ2n) is 21.5. The zero-order valence-electron chi connectivity index (χ0n) is 45.8. The first-order valence-electron chi connectivity index (χ1n) is 29.4. The highest BCUT2D eigenvalue weighted by Gasteiger charge is 2.53. The molecule has 0 unspecified atom stereocenters. The maximum atomic E-state index is 13.3. The molecule has 3 saturated heterocycles. The van der Waals surface area contributed by atoms with Crippen LogP contribution < -0.4 is 5.32 Å². The summed E-state index contributed by atoms with van der Waals surface area (Å²) < 4.78 is 34.2. The predicted octanol–water partition coefficient (Wildman–Crippen LogP) is 4.60. The van der Waals surface area contributed by atoms with Crippen molar-refractivity contribution >= 4 is 5.91 Å². The standard InChI is InChI=1S/C56H105NO18/c1-3-5-7-9-11-13-15-17-18-19-20-22-24-26-28-30-32-34-44(62)57-39(40(61)33-31-29-27-25-23-21-16-14-12-10-8-6-4-2)38-70-54-50(68)47(65)52(42(36-59)72-54)75-56-51(69)48(66)53(43(37-60)73-56)74-55-49(67)46(64)45(63)41(35-58)71-55/h31,33,39-43,45-56,58-61,63-69H,3-30,32,34-38H2,1-2H3,(H,57,62)/b33-31+/t39-,40+,41+,42+,43+,45-,46-,47+,48+,49+,50+,51+,52+,53-,54+,55+,56-/m0/s1. The number of carbonyl (C=O) groups excluding carboxylic acids is 1. The molecule has 3 fully saturated rings. The highest BCUT2D eigenvalue weighted by molar-refractivity contribution is 5.76. The van der Waals surface area contributed by atoms with E-state index in [2.05, 4.69) is 19.2 Å². The van der Waals surface area contributed by atoms with E-state index in [-0.39, 0.29) is 18.9 Å². The number of rotatable bonds is 43. The van der Waals surface area contributed by atoms with E-state index in [0.29, 0.717) is 6.42 Å². The molecule has 0 spiro atoms. The molecule has 1 amide bonds. The number of aliphatic hydroxyl groups is 11. The van der Waals surface area contributed by atoms with Crippen molar-refractivity contribution in [1.82, 2.24) is 5.32 Å². The first-order chi connectivity index (χ1) is 36.3. The van der Waals surface area contributed by atoms with Crippen molar-refractivity contribution in [3.63, 3.8) is 0 Å². The van der Waals surface area contributed by atoms with E-state index in [9.17, 15) is 61.0 Å². The normalized spacial score (nSPS) is 31.2. The third kappa shape index (κ3) is 25.3. The van der Waals surface area contributed by atoms with E-state index < -0.39 is 124 Å². The molecule has 0 aliphatic carbocycles. The molecular formula is C56H105NO18. The van der Waals surface area contributed by atoms with Crippen molar-refractivity contribution in [1.29, 1.82) is 0 Å². The molecule has 0 saturated carbocycles. The third-order valence-electron chi connectivity index (χ3n) is 15.1. The molecule has 0 aromatic carbocycles. The van der Waals surface area contributed by atoms with Gasteiger partial charge in [-0.2, -0.15) is 0 Å². The Morgan fingerprint density at radius 2 is 0.827 bits per heavy atom. The quantitative estimate of drug-likeness (QED) is 0.0293. The minimum Gasteiger partial charge on any atom is -0.394 e. The first-order valence-corrected chi connectivity index (χ1v) is 29.4. The lowest BCUT2D eigenvalue weighted by Crippen LogP contribution is -2.66. The van der Waals surface area contributed by atoms with Gasteiger partial charge in [-0.05, 0) is 19.3 Å². The number of unbranched alkanes of at least 4 members (excludes halogenated alkanes) is 27. The van der Waals surface area contributed by atoms with Gasteiger partial charge in [0.25, 0.3) is 0 Å². The minimum absolute atomic E-state index is 0.249. The van der Waals surface area contributed by atoms with Crippen LogP contribution in [0.15, 0.2) is 12.2 Å². The molecule has 3 heterocycles. The number of amides is 1. The maximum absolute atomic E-state index is 13.3. The van der Waals surface area contributed by atoms with Gasteiger partial charge in [0.2, 0.25) is 5.91 Å². The fraction of sp³-hybridized carbons (Fsp3) is 0.946. The fourth-order valence-corrected chi connectivity index (χ4v) is 10.2. The topological polar surface area (TPSA) is 307 Å². The van der Waals surface area contributed by atoms with Crippen LogP contribution in [0.2, 0.25) is 0 Å². The lowest BCUT2D eigenvalue weighted by Gasteiger charge is -2.48. The van der Waals surface area contributed by atoms with Gasteiger partial charge in [-0.25, -0.2) is 0 Å². The summed E-state index contributed by atoms with van der Waals surface area (Å²) in [5.74, 6) is -0.274. The molecule has 0 aromatic heterocycles. The Hall–Kier alpha value is -1.47. The fourth-order valence-electron chi connectivity index (χ4n) is 10.2. The molecule has 0 bridgehead atoms. The average Bonchev–Trinajstić information content (AvgIpc) is 3.41. The van der Waals surface area contributed by atoms with Crippen LogP contribution in [0.1, 0.15) is 206 Å². The molecule has 3 rings (SSSR count). The first kappa shape index (κ1) is 67.8. The Morgan fingerprint density at radius 3 is 1.25 bits per heavy atom. The summed E-state index contributed by atoms with van der Waals surface area (Å²) in [4.78, 5) is 13.3. The Morgan fingerprint density at radius 1 is 0.467 bits per heavy atom. The Kier molecular flexibility index (Phi) is 36.8. The second kappa shape index (κ2) is 40.7. The Balaban J connectivity index is 1.51. The number of allylic oxidation sites excluding steroid dienone is 1. The number of ether oxygens (including phenoxy) is 6.